The van der Waals surface area contributed by atoms with Gasteiger partial charge in [-0.15, -0.1) is 0 Å². The summed E-state index contributed by atoms with van der Waals surface area (Å²) in [5, 5.41) is 9.89. The summed E-state index contributed by atoms with van der Waals surface area (Å²) in [6, 6.07) is 18.1. The number of hydrogen-bond donors (Lipinski definition) is 3. The molecule has 4 N–H and O–H groups in total. The average Bonchev–Trinajstić information content (AvgIpc) is 3.34. The van der Waals surface area contributed by atoms with E-state index >= 15 is 0 Å². The van der Waals surface area contributed by atoms with Gasteiger partial charge in [0.2, 0.25) is 0 Å². The van der Waals surface area contributed by atoms with Crippen LogP contribution in [0.15, 0.2) is 54.6 Å². The third-order valence-electron chi connectivity index (χ3n) is 5.38. The Kier molecular flexibility index (Phi) is 5.02. The van der Waals surface area contributed by atoms with Crippen molar-refractivity contribution in [2.75, 3.05) is 30.3 Å². The molecule has 1 aliphatic heterocycles. The van der Waals surface area contributed by atoms with E-state index in [0.29, 0.717) is 29.5 Å². The highest BCUT2D eigenvalue weighted by molar-refractivity contribution is 6.01. The fraction of sp³-hybridized carbons (Fsp3) is 0.273. The van der Waals surface area contributed by atoms with Gasteiger partial charge in [0, 0.05) is 25.3 Å². The lowest BCUT2D eigenvalue weighted by atomic mass is 10.0. The second-order valence-corrected chi connectivity index (χ2v) is 7.32. The summed E-state index contributed by atoms with van der Waals surface area (Å²) in [4.78, 5) is 15.2. The number of aromatic amines is 1. The van der Waals surface area contributed by atoms with Crippen molar-refractivity contribution >= 4 is 17.4 Å². The van der Waals surface area contributed by atoms with Gasteiger partial charge < -0.3 is 16.0 Å². The van der Waals surface area contributed by atoms with Crippen LogP contribution in [0.2, 0.25) is 0 Å². The number of para-hydroxylation sites is 1. The van der Waals surface area contributed by atoms with Gasteiger partial charge in [0.15, 0.2) is 5.82 Å². The number of amides is 1. The fourth-order valence-electron chi connectivity index (χ4n) is 3.88. The van der Waals surface area contributed by atoms with Crippen molar-refractivity contribution in [3.05, 3.63) is 65.9 Å². The number of nitrogen functional groups attached to an aromatic ring is 1. The lowest BCUT2D eigenvalue weighted by molar-refractivity contribution is 0.0944. The summed E-state index contributed by atoms with van der Waals surface area (Å²) < 4.78 is 0. The maximum absolute atomic E-state index is 12.8. The standard InChI is InChI=1S/C22H25N5O/c1-15-7-5-6-10-18(15)27-12-11-16(14-27)13-24-22(28)20-19(21(23)26-25-20)17-8-3-2-4-9-17/h2-10,16H,11-14H2,1H3,(H,24,28)(H3,23,25,26)/t16-/m0/s1. The van der Waals surface area contributed by atoms with Gasteiger partial charge in [-0.2, -0.15) is 5.10 Å². The quantitative estimate of drug-likeness (QED) is 0.639. The molecule has 1 aromatic heterocycles. The lowest BCUT2D eigenvalue weighted by Gasteiger charge is -2.21. The van der Waals surface area contributed by atoms with Gasteiger partial charge in [-0.3, -0.25) is 9.89 Å². The normalized spacial score (nSPS) is 16.3. The zero-order valence-electron chi connectivity index (χ0n) is 16.0. The molecule has 0 bridgehead atoms. The maximum Gasteiger partial charge on any atom is 0.270 e. The minimum Gasteiger partial charge on any atom is -0.382 e. The van der Waals surface area contributed by atoms with E-state index in [1.54, 1.807) is 0 Å². The van der Waals surface area contributed by atoms with Crippen LogP contribution in [0.4, 0.5) is 11.5 Å². The van der Waals surface area contributed by atoms with Crippen molar-refractivity contribution in [3.8, 4) is 11.1 Å². The predicted molar refractivity (Wildman–Crippen MR) is 112 cm³/mol. The molecule has 1 fully saturated rings. The number of benzene rings is 2. The number of nitrogens with one attached hydrogen (secondary N) is 2. The SMILES string of the molecule is Cc1ccccc1N1CC[C@@H](CNC(=O)c2[nH]nc(N)c2-c2ccccc2)C1. The first-order valence-corrected chi connectivity index (χ1v) is 9.61. The number of H-pyrrole nitrogens is 1. The number of aryl methyl sites for hydroxylation is 1. The molecule has 0 radical (unpaired) electrons. The minimum atomic E-state index is -0.169. The van der Waals surface area contributed by atoms with E-state index in [4.69, 9.17) is 5.73 Å². The van der Waals surface area contributed by atoms with Crippen LogP contribution in [-0.4, -0.2) is 35.7 Å². The highest BCUT2D eigenvalue weighted by Crippen LogP contribution is 2.28. The van der Waals surface area contributed by atoms with Crippen LogP contribution in [-0.2, 0) is 0 Å². The van der Waals surface area contributed by atoms with E-state index in [1.807, 2.05) is 30.3 Å². The Hall–Kier alpha value is -3.28. The fourth-order valence-corrected chi connectivity index (χ4v) is 3.88. The van der Waals surface area contributed by atoms with Crippen LogP contribution in [0, 0.1) is 12.8 Å². The van der Waals surface area contributed by atoms with Crippen LogP contribution >= 0.6 is 0 Å². The molecule has 1 saturated heterocycles. The van der Waals surface area contributed by atoms with E-state index < -0.39 is 0 Å². The van der Waals surface area contributed by atoms with E-state index in [1.165, 1.54) is 11.3 Å². The Balaban J connectivity index is 1.40. The highest BCUT2D eigenvalue weighted by atomic mass is 16.1. The number of carbonyl (C=O) groups is 1. The van der Waals surface area contributed by atoms with Gasteiger partial charge in [0.25, 0.3) is 5.91 Å². The lowest BCUT2D eigenvalue weighted by Crippen LogP contribution is -2.31. The van der Waals surface area contributed by atoms with E-state index in [9.17, 15) is 4.79 Å². The van der Waals surface area contributed by atoms with Gasteiger partial charge in [-0.05, 0) is 36.5 Å². The van der Waals surface area contributed by atoms with Crippen molar-refractivity contribution in [1.82, 2.24) is 15.5 Å². The van der Waals surface area contributed by atoms with E-state index in [2.05, 4.69) is 51.6 Å². The first-order valence-electron chi connectivity index (χ1n) is 9.61. The third kappa shape index (κ3) is 3.58. The van der Waals surface area contributed by atoms with E-state index in [0.717, 1.165) is 25.1 Å². The summed E-state index contributed by atoms with van der Waals surface area (Å²) in [7, 11) is 0. The van der Waals surface area contributed by atoms with Crippen molar-refractivity contribution in [3.63, 3.8) is 0 Å². The minimum absolute atomic E-state index is 0.169. The molecule has 3 aromatic rings. The summed E-state index contributed by atoms with van der Waals surface area (Å²) in [6.07, 6.45) is 1.06. The topological polar surface area (TPSA) is 87.0 Å². The molecule has 0 unspecified atom stereocenters. The molecule has 144 valence electrons. The van der Waals surface area contributed by atoms with Gasteiger partial charge in [0.1, 0.15) is 5.69 Å². The molecule has 6 heteroatoms. The molecule has 0 aliphatic carbocycles. The first-order chi connectivity index (χ1) is 13.6. The Morgan fingerprint density at radius 1 is 1.21 bits per heavy atom. The molecule has 0 spiro atoms. The van der Waals surface area contributed by atoms with Crippen molar-refractivity contribution < 1.29 is 4.79 Å². The molecule has 6 nitrogen and oxygen atoms in total. The average molecular weight is 375 g/mol. The van der Waals surface area contributed by atoms with Crippen LogP contribution in [0.5, 0.6) is 0 Å². The summed E-state index contributed by atoms with van der Waals surface area (Å²) in [5.41, 5.74) is 10.5. The molecular weight excluding hydrogens is 350 g/mol. The smallest absolute Gasteiger partial charge is 0.270 e. The van der Waals surface area contributed by atoms with Crippen LogP contribution in [0.1, 0.15) is 22.5 Å². The third-order valence-corrected chi connectivity index (χ3v) is 5.38. The number of aromatic nitrogens is 2. The number of nitrogens with two attached hydrogens (primary N) is 1. The largest absolute Gasteiger partial charge is 0.382 e. The Morgan fingerprint density at radius 2 is 1.96 bits per heavy atom. The number of nitrogens with zero attached hydrogens (tertiary/aromatic N) is 2. The van der Waals surface area contributed by atoms with Crippen molar-refractivity contribution in [2.24, 2.45) is 5.92 Å². The molecule has 2 aromatic carbocycles. The first kappa shape index (κ1) is 18.1. The van der Waals surface area contributed by atoms with Gasteiger partial charge >= 0.3 is 0 Å². The number of rotatable bonds is 5. The monoisotopic (exact) mass is 375 g/mol. The molecule has 28 heavy (non-hydrogen) atoms. The van der Waals surface area contributed by atoms with Crippen LogP contribution in [0.3, 0.4) is 0 Å². The Morgan fingerprint density at radius 3 is 2.75 bits per heavy atom. The predicted octanol–water partition coefficient (Wildman–Crippen LogP) is 3.22. The molecule has 4 rings (SSSR count). The molecule has 0 saturated carbocycles. The second kappa shape index (κ2) is 7.76. The van der Waals surface area contributed by atoms with Crippen molar-refractivity contribution in [2.45, 2.75) is 13.3 Å². The van der Waals surface area contributed by atoms with Crippen LogP contribution < -0.4 is 16.0 Å². The zero-order valence-corrected chi connectivity index (χ0v) is 16.0. The molecular formula is C22H25N5O. The zero-order chi connectivity index (χ0) is 19.5. The molecule has 1 aliphatic rings. The number of hydrogen-bond acceptors (Lipinski definition) is 4. The van der Waals surface area contributed by atoms with Gasteiger partial charge in [0.05, 0.1) is 5.56 Å². The number of anilines is 2. The Bertz CT molecular complexity index is 966. The Labute approximate surface area is 164 Å². The maximum atomic E-state index is 12.8. The van der Waals surface area contributed by atoms with E-state index in [-0.39, 0.29) is 5.91 Å². The summed E-state index contributed by atoms with van der Waals surface area (Å²) >= 11 is 0. The van der Waals surface area contributed by atoms with Crippen molar-refractivity contribution in [1.29, 1.82) is 0 Å². The van der Waals surface area contributed by atoms with Gasteiger partial charge in [-0.25, -0.2) is 0 Å². The summed E-state index contributed by atoms with van der Waals surface area (Å²) in [6.45, 7) is 4.73. The highest BCUT2D eigenvalue weighted by Gasteiger charge is 2.25. The van der Waals surface area contributed by atoms with Crippen LogP contribution in [0.25, 0.3) is 11.1 Å². The number of carbonyl (C=O) groups excluding carboxylic acids is 1. The molecule has 2 heterocycles. The second-order valence-electron chi connectivity index (χ2n) is 7.32. The van der Waals surface area contributed by atoms with Gasteiger partial charge in [-0.1, -0.05) is 48.5 Å². The molecule has 1 amide bonds. The summed E-state index contributed by atoms with van der Waals surface area (Å²) in [5.74, 6) is 0.587. The molecule has 1 atom stereocenters.